The molecule has 0 unspecified atom stereocenters. The van der Waals surface area contributed by atoms with Crippen molar-refractivity contribution in [3.63, 3.8) is 0 Å². The minimum absolute atomic E-state index is 0. The standard InChI is InChI=1S/C13H17BrN2O.ClH/c1-9-4-5-10(14)7-12(9)13(17)16-11-3-2-6-15-8-11;/h4-5,7,11,15H,2-3,6,8H2,1H3,(H,16,17);1H/t11-;/m1./s1. The topological polar surface area (TPSA) is 41.1 Å². The Labute approximate surface area is 122 Å². The molecule has 5 heteroatoms. The van der Waals surface area contributed by atoms with E-state index in [4.69, 9.17) is 0 Å². The van der Waals surface area contributed by atoms with Crippen LogP contribution in [-0.2, 0) is 0 Å². The Bertz CT molecular complexity index is 419. The molecule has 100 valence electrons. The Morgan fingerprint density at radius 1 is 1.50 bits per heavy atom. The molecule has 1 heterocycles. The van der Waals surface area contributed by atoms with Crippen LogP contribution in [-0.4, -0.2) is 25.0 Å². The predicted molar refractivity (Wildman–Crippen MR) is 79.5 cm³/mol. The summed E-state index contributed by atoms with van der Waals surface area (Å²) < 4.78 is 0.940. The highest BCUT2D eigenvalue weighted by atomic mass is 79.9. The van der Waals surface area contributed by atoms with Crippen molar-refractivity contribution >= 4 is 34.2 Å². The molecule has 2 rings (SSSR count). The molecule has 1 amide bonds. The highest BCUT2D eigenvalue weighted by Crippen LogP contribution is 2.16. The molecular formula is C13H18BrClN2O. The van der Waals surface area contributed by atoms with Crippen LogP contribution in [0, 0.1) is 6.92 Å². The Morgan fingerprint density at radius 3 is 2.94 bits per heavy atom. The molecule has 0 aliphatic carbocycles. The first-order chi connectivity index (χ1) is 8.16. The summed E-state index contributed by atoms with van der Waals surface area (Å²) in [5.41, 5.74) is 1.76. The molecule has 2 N–H and O–H groups in total. The van der Waals surface area contributed by atoms with Crippen LogP contribution in [0.1, 0.15) is 28.8 Å². The molecule has 0 radical (unpaired) electrons. The van der Waals surface area contributed by atoms with E-state index in [0.29, 0.717) is 0 Å². The fourth-order valence-corrected chi connectivity index (χ4v) is 2.44. The lowest BCUT2D eigenvalue weighted by Gasteiger charge is -2.24. The minimum atomic E-state index is 0. The number of carbonyl (C=O) groups excluding carboxylic acids is 1. The van der Waals surface area contributed by atoms with E-state index in [-0.39, 0.29) is 24.4 Å². The number of nitrogens with one attached hydrogen (secondary N) is 2. The largest absolute Gasteiger partial charge is 0.348 e. The van der Waals surface area contributed by atoms with E-state index in [0.717, 1.165) is 41.5 Å². The molecule has 1 atom stereocenters. The molecular weight excluding hydrogens is 316 g/mol. The van der Waals surface area contributed by atoms with Gasteiger partial charge in [0, 0.05) is 22.6 Å². The molecule has 3 nitrogen and oxygen atoms in total. The quantitative estimate of drug-likeness (QED) is 0.873. The van der Waals surface area contributed by atoms with Gasteiger partial charge in [-0.3, -0.25) is 4.79 Å². The monoisotopic (exact) mass is 332 g/mol. The molecule has 0 spiro atoms. The molecule has 0 saturated carbocycles. The van der Waals surface area contributed by atoms with Crippen LogP contribution >= 0.6 is 28.3 Å². The van der Waals surface area contributed by atoms with Crippen LogP contribution in [0.2, 0.25) is 0 Å². The molecule has 0 bridgehead atoms. The zero-order chi connectivity index (χ0) is 12.3. The number of hydrogen-bond donors (Lipinski definition) is 2. The van der Waals surface area contributed by atoms with Gasteiger partial charge in [0.2, 0.25) is 0 Å². The van der Waals surface area contributed by atoms with Crippen molar-refractivity contribution in [1.29, 1.82) is 0 Å². The summed E-state index contributed by atoms with van der Waals surface area (Å²) in [6.07, 6.45) is 2.19. The van der Waals surface area contributed by atoms with Crippen molar-refractivity contribution in [2.24, 2.45) is 0 Å². The molecule has 0 aromatic heterocycles. The van der Waals surface area contributed by atoms with Gasteiger partial charge < -0.3 is 10.6 Å². The van der Waals surface area contributed by atoms with Crippen LogP contribution in [0.5, 0.6) is 0 Å². The summed E-state index contributed by atoms with van der Waals surface area (Å²) in [6, 6.07) is 6.04. The molecule has 1 saturated heterocycles. The maximum Gasteiger partial charge on any atom is 0.251 e. The van der Waals surface area contributed by atoms with E-state index in [1.807, 2.05) is 25.1 Å². The Kier molecular flexibility index (Phi) is 6.12. The highest BCUT2D eigenvalue weighted by Gasteiger charge is 2.17. The van der Waals surface area contributed by atoms with Crippen LogP contribution in [0.15, 0.2) is 22.7 Å². The maximum atomic E-state index is 12.1. The van der Waals surface area contributed by atoms with Crippen LogP contribution < -0.4 is 10.6 Å². The van der Waals surface area contributed by atoms with Gasteiger partial charge in [-0.05, 0) is 44.0 Å². The number of rotatable bonds is 2. The van der Waals surface area contributed by atoms with Crippen molar-refractivity contribution in [2.75, 3.05) is 13.1 Å². The van der Waals surface area contributed by atoms with E-state index in [2.05, 4.69) is 26.6 Å². The molecule has 1 aromatic carbocycles. The fraction of sp³-hybridized carbons (Fsp3) is 0.462. The third-order valence-corrected chi connectivity index (χ3v) is 3.57. The Morgan fingerprint density at radius 2 is 2.28 bits per heavy atom. The van der Waals surface area contributed by atoms with Gasteiger partial charge in [-0.25, -0.2) is 0 Å². The summed E-state index contributed by atoms with van der Waals surface area (Å²) in [6.45, 7) is 3.89. The summed E-state index contributed by atoms with van der Waals surface area (Å²) in [5.74, 6) is 0.0255. The van der Waals surface area contributed by atoms with E-state index in [1.165, 1.54) is 0 Å². The lowest BCUT2D eigenvalue weighted by atomic mass is 10.1. The first kappa shape index (κ1) is 15.5. The van der Waals surface area contributed by atoms with Gasteiger partial charge in [0.15, 0.2) is 0 Å². The number of benzene rings is 1. The molecule has 18 heavy (non-hydrogen) atoms. The first-order valence-electron chi connectivity index (χ1n) is 5.94. The SMILES string of the molecule is Cc1ccc(Br)cc1C(=O)N[C@@H]1CCCNC1.Cl. The minimum Gasteiger partial charge on any atom is -0.348 e. The van der Waals surface area contributed by atoms with E-state index in [9.17, 15) is 4.79 Å². The van der Waals surface area contributed by atoms with E-state index < -0.39 is 0 Å². The second-order valence-corrected chi connectivity index (χ2v) is 5.39. The van der Waals surface area contributed by atoms with E-state index in [1.54, 1.807) is 0 Å². The number of piperidine rings is 1. The van der Waals surface area contributed by atoms with Crippen molar-refractivity contribution in [3.05, 3.63) is 33.8 Å². The second-order valence-electron chi connectivity index (χ2n) is 4.48. The van der Waals surface area contributed by atoms with E-state index >= 15 is 0 Å². The van der Waals surface area contributed by atoms with Crippen molar-refractivity contribution in [2.45, 2.75) is 25.8 Å². The zero-order valence-corrected chi connectivity index (χ0v) is 12.7. The van der Waals surface area contributed by atoms with Crippen molar-refractivity contribution in [3.8, 4) is 0 Å². The summed E-state index contributed by atoms with van der Waals surface area (Å²) in [7, 11) is 0. The number of hydrogen-bond acceptors (Lipinski definition) is 2. The third kappa shape index (κ3) is 3.97. The smallest absolute Gasteiger partial charge is 0.251 e. The average molecular weight is 334 g/mol. The number of aryl methyl sites for hydroxylation is 1. The van der Waals surface area contributed by atoms with Crippen LogP contribution in [0.4, 0.5) is 0 Å². The van der Waals surface area contributed by atoms with Gasteiger partial charge in [0.25, 0.3) is 5.91 Å². The molecule has 1 aliphatic rings. The van der Waals surface area contributed by atoms with Crippen LogP contribution in [0.3, 0.4) is 0 Å². The van der Waals surface area contributed by atoms with Crippen LogP contribution in [0.25, 0.3) is 0 Å². The van der Waals surface area contributed by atoms with Gasteiger partial charge in [-0.2, -0.15) is 0 Å². The Balaban J connectivity index is 0.00000162. The number of amides is 1. The third-order valence-electron chi connectivity index (χ3n) is 3.08. The van der Waals surface area contributed by atoms with Crippen molar-refractivity contribution in [1.82, 2.24) is 10.6 Å². The fourth-order valence-electron chi connectivity index (χ4n) is 2.08. The normalized spacial score (nSPS) is 18.9. The first-order valence-corrected chi connectivity index (χ1v) is 6.74. The van der Waals surface area contributed by atoms with Gasteiger partial charge >= 0.3 is 0 Å². The van der Waals surface area contributed by atoms with Gasteiger partial charge in [0.05, 0.1) is 0 Å². The Hall–Kier alpha value is -0.580. The maximum absolute atomic E-state index is 12.1. The summed E-state index contributed by atoms with van der Waals surface area (Å²) in [5, 5.41) is 6.37. The zero-order valence-electron chi connectivity index (χ0n) is 10.3. The van der Waals surface area contributed by atoms with Crippen molar-refractivity contribution < 1.29 is 4.79 Å². The molecule has 1 fully saturated rings. The second kappa shape index (κ2) is 7.12. The summed E-state index contributed by atoms with van der Waals surface area (Å²) in [4.78, 5) is 12.1. The van der Waals surface area contributed by atoms with Gasteiger partial charge in [0.1, 0.15) is 0 Å². The average Bonchev–Trinajstić information content (AvgIpc) is 2.33. The predicted octanol–water partition coefficient (Wildman–Crippen LogP) is 2.66. The lowest BCUT2D eigenvalue weighted by molar-refractivity contribution is 0.0930. The molecule has 1 aromatic rings. The lowest BCUT2D eigenvalue weighted by Crippen LogP contribution is -2.45. The van der Waals surface area contributed by atoms with Gasteiger partial charge in [-0.1, -0.05) is 22.0 Å². The summed E-state index contributed by atoms with van der Waals surface area (Å²) >= 11 is 3.40. The highest BCUT2D eigenvalue weighted by molar-refractivity contribution is 9.10. The molecule has 1 aliphatic heterocycles. The van der Waals surface area contributed by atoms with Gasteiger partial charge in [-0.15, -0.1) is 12.4 Å². The number of halogens is 2. The number of carbonyl (C=O) groups is 1.